The van der Waals surface area contributed by atoms with Crippen molar-refractivity contribution in [2.75, 3.05) is 11.1 Å². The van der Waals surface area contributed by atoms with Crippen molar-refractivity contribution >= 4 is 17.3 Å². The summed E-state index contributed by atoms with van der Waals surface area (Å²) in [5, 5.41) is 3.17. The Bertz CT molecular complexity index is 537. The van der Waals surface area contributed by atoms with Crippen molar-refractivity contribution in [1.29, 1.82) is 0 Å². The van der Waals surface area contributed by atoms with Gasteiger partial charge in [-0.15, -0.1) is 0 Å². The van der Waals surface area contributed by atoms with Gasteiger partial charge < -0.3 is 11.1 Å². The van der Waals surface area contributed by atoms with Crippen LogP contribution in [0.1, 0.15) is 24.6 Å². The standard InChI is InChI=1S/C14H18N4/c1-3-4-11-7-8-16-14(17-11)18-12-6-5-10(2)13(15)9-12/h5-9H,3-4,15H2,1-2H3,(H,16,17,18). The first-order valence-electron chi connectivity index (χ1n) is 6.14. The zero-order valence-electron chi connectivity index (χ0n) is 10.8. The third-order valence-corrected chi connectivity index (χ3v) is 2.75. The molecule has 0 unspecified atom stereocenters. The van der Waals surface area contributed by atoms with Crippen LogP contribution in [0.15, 0.2) is 30.5 Å². The summed E-state index contributed by atoms with van der Waals surface area (Å²) < 4.78 is 0. The molecule has 2 aromatic rings. The molecule has 0 aliphatic rings. The molecule has 2 rings (SSSR count). The quantitative estimate of drug-likeness (QED) is 0.809. The Balaban J connectivity index is 2.17. The number of benzene rings is 1. The van der Waals surface area contributed by atoms with Crippen molar-refractivity contribution in [1.82, 2.24) is 9.97 Å². The van der Waals surface area contributed by atoms with E-state index in [1.165, 1.54) is 0 Å². The molecule has 0 spiro atoms. The maximum absolute atomic E-state index is 5.87. The fourth-order valence-electron chi connectivity index (χ4n) is 1.70. The summed E-state index contributed by atoms with van der Waals surface area (Å²) in [7, 11) is 0. The summed E-state index contributed by atoms with van der Waals surface area (Å²) >= 11 is 0. The predicted molar refractivity (Wildman–Crippen MR) is 74.9 cm³/mol. The lowest BCUT2D eigenvalue weighted by molar-refractivity contribution is 0.875. The number of nitrogen functional groups attached to an aromatic ring is 1. The van der Waals surface area contributed by atoms with Crippen LogP contribution in [0.4, 0.5) is 17.3 Å². The van der Waals surface area contributed by atoms with E-state index in [1.54, 1.807) is 6.20 Å². The monoisotopic (exact) mass is 242 g/mol. The average molecular weight is 242 g/mol. The van der Waals surface area contributed by atoms with Crippen molar-refractivity contribution in [2.45, 2.75) is 26.7 Å². The minimum atomic E-state index is 0.615. The van der Waals surface area contributed by atoms with Gasteiger partial charge in [0, 0.05) is 23.3 Å². The third-order valence-electron chi connectivity index (χ3n) is 2.75. The van der Waals surface area contributed by atoms with Crippen LogP contribution in [0, 0.1) is 6.92 Å². The summed E-state index contributed by atoms with van der Waals surface area (Å²) in [5.74, 6) is 0.615. The van der Waals surface area contributed by atoms with Crippen LogP contribution in [0.25, 0.3) is 0 Å². The van der Waals surface area contributed by atoms with Crippen LogP contribution in [-0.4, -0.2) is 9.97 Å². The molecule has 0 bridgehead atoms. The smallest absolute Gasteiger partial charge is 0.227 e. The number of aryl methyl sites for hydroxylation is 2. The Morgan fingerprint density at radius 3 is 2.83 bits per heavy atom. The maximum atomic E-state index is 5.87. The van der Waals surface area contributed by atoms with Gasteiger partial charge in [-0.25, -0.2) is 9.97 Å². The summed E-state index contributed by atoms with van der Waals surface area (Å²) in [6.07, 6.45) is 3.82. The first kappa shape index (κ1) is 12.4. The lowest BCUT2D eigenvalue weighted by Gasteiger charge is -2.08. The molecule has 0 amide bonds. The number of hydrogen-bond donors (Lipinski definition) is 2. The highest BCUT2D eigenvalue weighted by Crippen LogP contribution is 2.19. The molecule has 0 saturated heterocycles. The molecule has 0 radical (unpaired) electrons. The molecule has 1 aromatic carbocycles. The highest BCUT2D eigenvalue weighted by atomic mass is 15.1. The van der Waals surface area contributed by atoms with E-state index in [0.29, 0.717) is 5.95 Å². The van der Waals surface area contributed by atoms with E-state index >= 15 is 0 Å². The molecule has 0 atom stereocenters. The second-order valence-corrected chi connectivity index (χ2v) is 4.32. The lowest BCUT2D eigenvalue weighted by Crippen LogP contribution is -2.00. The van der Waals surface area contributed by atoms with Gasteiger partial charge in [0.05, 0.1) is 0 Å². The van der Waals surface area contributed by atoms with Crippen LogP contribution in [-0.2, 0) is 6.42 Å². The molecule has 3 N–H and O–H groups in total. The molecule has 0 fully saturated rings. The molecule has 94 valence electrons. The topological polar surface area (TPSA) is 63.8 Å². The van der Waals surface area contributed by atoms with Gasteiger partial charge >= 0.3 is 0 Å². The van der Waals surface area contributed by atoms with E-state index in [0.717, 1.165) is 35.5 Å². The number of nitrogens with two attached hydrogens (primary N) is 1. The van der Waals surface area contributed by atoms with Gasteiger partial charge in [-0.05, 0) is 37.1 Å². The molecule has 0 aliphatic carbocycles. The number of nitrogens with zero attached hydrogens (tertiary/aromatic N) is 2. The van der Waals surface area contributed by atoms with E-state index < -0.39 is 0 Å². The Kier molecular flexibility index (Phi) is 3.77. The Morgan fingerprint density at radius 2 is 2.11 bits per heavy atom. The van der Waals surface area contributed by atoms with Crippen molar-refractivity contribution in [3.05, 3.63) is 41.7 Å². The van der Waals surface area contributed by atoms with Gasteiger partial charge in [-0.3, -0.25) is 0 Å². The van der Waals surface area contributed by atoms with E-state index in [9.17, 15) is 0 Å². The third kappa shape index (κ3) is 2.97. The normalized spacial score (nSPS) is 10.3. The average Bonchev–Trinajstić information content (AvgIpc) is 2.35. The van der Waals surface area contributed by atoms with Crippen LogP contribution in [0.5, 0.6) is 0 Å². The lowest BCUT2D eigenvalue weighted by atomic mass is 10.2. The molecule has 1 aromatic heterocycles. The van der Waals surface area contributed by atoms with E-state index in [4.69, 9.17) is 5.73 Å². The maximum Gasteiger partial charge on any atom is 0.227 e. The summed E-state index contributed by atoms with van der Waals surface area (Å²) in [6, 6.07) is 7.79. The fourth-order valence-corrected chi connectivity index (χ4v) is 1.70. The Labute approximate surface area is 107 Å². The zero-order valence-corrected chi connectivity index (χ0v) is 10.8. The van der Waals surface area contributed by atoms with Gasteiger partial charge in [0.25, 0.3) is 0 Å². The van der Waals surface area contributed by atoms with Crippen LogP contribution < -0.4 is 11.1 Å². The molecule has 1 heterocycles. The first-order chi connectivity index (χ1) is 8.69. The number of hydrogen-bond acceptors (Lipinski definition) is 4. The van der Waals surface area contributed by atoms with E-state index in [2.05, 4.69) is 22.2 Å². The summed E-state index contributed by atoms with van der Waals surface area (Å²) in [6.45, 7) is 4.12. The van der Waals surface area contributed by atoms with Gasteiger partial charge in [-0.1, -0.05) is 19.4 Å². The molecule has 4 heteroatoms. The summed E-state index contributed by atoms with van der Waals surface area (Å²) in [5.41, 5.74) is 9.67. The second-order valence-electron chi connectivity index (χ2n) is 4.32. The van der Waals surface area contributed by atoms with E-state index in [1.807, 2.05) is 31.2 Å². The van der Waals surface area contributed by atoms with Gasteiger partial charge in [0.1, 0.15) is 0 Å². The van der Waals surface area contributed by atoms with Gasteiger partial charge in [-0.2, -0.15) is 0 Å². The highest BCUT2D eigenvalue weighted by molar-refractivity contribution is 5.62. The molecule has 18 heavy (non-hydrogen) atoms. The Morgan fingerprint density at radius 1 is 1.28 bits per heavy atom. The van der Waals surface area contributed by atoms with Crippen LogP contribution in [0.2, 0.25) is 0 Å². The van der Waals surface area contributed by atoms with Crippen molar-refractivity contribution in [2.24, 2.45) is 0 Å². The predicted octanol–water partition coefficient (Wildman–Crippen LogP) is 3.06. The number of rotatable bonds is 4. The molecule has 0 saturated carbocycles. The van der Waals surface area contributed by atoms with Crippen molar-refractivity contribution in [3.8, 4) is 0 Å². The van der Waals surface area contributed by atoms with Crippen molar-refractivity contribution < 1.29 is 0 Å². The van der Waals surface area contributed by atoms with Gasteiger partial charge in [0.15, 0.2) is 0 Å². The first-order valence-corrected chi connectivity index (χ1v) is 6.14. The number of anilines is 3. The zero-order chi connectivity index (χ0) is 13.0. The minimum Gasteiger partial charge on any atom is -0.398 e. The van der Waals surface area contributed by atoms with E-state index in [-0.39, 0.29) is 0 Å². The SMILES string of the molecule is CCCc1ccnc(Nc2ccc(C)c(N)c2)n1. The summed E-state index contributed by atoms with van der Waals surface area (Å²) in [4.78, 5) is 8.65. The van der Waals surface area contributed by atoms with Crippen LogP contribution >= 0.6 is 0 Å². The molecule has 0 aliphatic heterocycles. The Hall–Kier alpha value is -2.10. The molecule has 4 nitrogen and oxygen atoms in total. The molecular formula is C14H18N4. The number of aromatic nitrogens is 2. The molecular weight excluding hydrogens is 224 g/mol. The second kappa shape index (κ2) is 5.49. The number of nitrogens with one attached hydrogen (secondary N) is 1. The van der Waals surface area contributed by atoms with Crippen LogP contribution in [0.3, 0.4) is 0 Å². The largest absolute Gasteiger partial charge is 0.398 e. The van der Waals surface area contributed by atoms with Gasteiger partial charge in [0.2, 0.25) is 5.95 Å². The fraction of sp³-hybridized carbons (Fsp3) is 0.286. The van der Waals surface area contributed by atoms with Crippen molar-refractivity contribution in [3.63, 3.8) is 0 Å². The highest BCUT2D eigenvalue weighted by Gasteiger charge is 2.01. The minimum absolute atomic E-state index is 0.615.